The lowest BCUT2D eigenvalue weighted by atomic mass is 9.96. The van der Waals surface area contributed by atoms with Crippen LogP contribution in [0.2, 0.25) is 0 Å². The van der Waals surface area contributed by atoms with Crippen LogP contribution in [0.1, 0.15) is 30.6 Å². The maximum Gasteiger partial charge on any atom is 0.255 e. The highest BCUT2D eigenvalue weighted by atomic mass is 35.5. The minimum atomic E-state index is -0.532. The van der Waals surface area contributed by atoms with Crippen molar-refractivity contribution < 1.29 is 4.79 Å². The molecular formula is C14H17ClN4O. The first-order valence-corrected chi connectivity index (χ1v) is 6.83. The smallest absolute Gasteiger partial charge is 0.255 e. The number of aromatic nitrogens is 1. The summed E-state index contributed by atoms with van der Waals surface area (Å²) < 4.78 is 0. The molecule has 2 N–H and O–H groups in total. The number of aliphatic imine (C=N–C) groups is 1. The average Bonchev–Trinajstić information content (AvgIpc) is 2.38. The molecule has 106 valence electrons. The zero-order chi connectivity index (χ0) is 14.6. The molecule has 0 saturated heterocycles. The monoisotopic (exact) mass is 292 g/mol. The molecular weight excluding hydrogens is 276 g/mol. The second kappa shape index (κ2) is 6.05. The van der Waals surface area contributed by atoms with Gasteiger partial charge in [0.05, 0.1) is 11.1 Å². The van der Waals surface area contributed by atoms with Crippen molar-refractivity contribution >= 4 is 28.5 Å². The number of amides is 1. The van der Waals surface area contributed by atoms with Gasteiger partial charge >= 0.3 is 0 Å². The van der Waals surface area contributed by atoms with Gasteiger partial charge in [0.15, 0.2) is 0 Å². The van der Waals surface area contributed by atoms with Gasteiger partial charge in [0.2, 0.25) is 0 Å². The molecule has 6 heteroatoms. The summed E-state index contributed by atoms with van der Waals surface area (Å²) in [4.78, 5) is 20.6. The predicted molar refractivity (Wildman–Crippen MR) is 81.3 cm³/mol. The SMILES string of the molecule is CCNc1ncccc1C(=O)NC1(C)C=CN=C(Cl)C1. The lowest BCUT2D eigenvalue weighted by Gasteiger charge is -2.28. The largest absolute Gasteiger partial charge is 0.370 e. The molecule has 1 amide bonds. The van der Waals surface area contributed by atoms with Gasteiger partial charge in [0.25, 0.3) is 5.91 Å². The van der Waals surface area contributed by atoms with Crippen LogP contribution in [0.5, 0.6) is 0 Å². The van der Waals surface area contributed by atoms with Crippen LogP contribution in [-0.4, -0.2) is 28.1 Å². The minimum Gasteiger partial charge on any atom is -0.370 e. The lowest BCUT2D eigenvalue weighted by molar-refractivity contribution is 0.0924. The zero-order valence-electron chi connectivity index (χ0n) is 11.5. The summed E-state index contributed by atoms with van der Waals surface area (Å²) in [7, 11) is 0. The summed E-state index contributed by atoms with van der Waals surface area (Å²) in [6.07, 6.45) is 5.58. The van der Waals surface area contributed by atoms with Gasteiger partial charge in [-0.25, -0.2) is 9.98 Å². The molecule has 0 saturated carbocycles. The summed E-state index contributed by atoms with van der Waals surface area (Å²) in [5, 5.41) is 6.53. The third kappa shape index (κ3) is 3.36. The Balaban J connectivity index is 2.17. The maximum atomic E-state index is 12.4. The fourth-order valence-electron chi connectivity index (χ4n) is 2.00. The fraction of sp³-hybridized carbons (Fsp3) is 0.357. The van der Waals surface area contributed by atoms with Gasteiger partial charge in [0, 0.05) is 25.4 Å². The number of nitrogens with zero attached hydrogens (tertiary/aromatic N) is 2. The normalized spacial score (nSPS) is 21.2. The van der Waals surface area contributed by atoms with E-state index in [2.05, 4.69) is 20.6 Å². The Labute approximate surface area is 123 Å². The molecule has 0 radical (unpaired) electrons. The third-order valence-electron chi connectivity index (χ3n) is 2.97. The van der Waals surface area contributed by atoms with Gasteiger partial charge < -0.3 is 10.6 Å². The van der Waals surface area contributed by atoms with Crippen molar-refractivity contribution in [3.05, 3.63) is 36.2 Å². The molecule has 2 heterocycles. The van der Waals surface area contributed by atoms with Gasteiger partial charge in [-0.15, -0.1) is 0 Å². The predicted octanol–water partition coefficient (Wildman–Crippen LogP) is 2.56. The first kappa shape index (κ1) is 14.5. The second-order valence-corrected chi connectivity index (χ2v) is 5.24. The first-order valence-electron chi connectivity index (χ1n) is 6.45. The van der Waals surface area contributed by atoms with E-state index in [-0.39, 0.29) is 5.91 Å². The highest BCUT2D eigenvalue weighted by molar-refractivity contribution is 6.65. The molecule has 0 fully saturated rings. The topological polar surface area (TPSA) is 66.4 Å². The number of hydrogen-bond donors (Lipinski definition) is 2. The summed E-state index contributed by atoms with van der Waals surface area (Å²) in [5.74, 6) is 0.392. The van der Waals surface area contributed by atoms with Crippen LogP contribution >= 0.6 is 11.6 Å². The van der Waals surface area contributed by atoms with E-state index in [1.807, 2.05) is 19.9 Å². The number of nitrogens with one attached hydrogen (secondary N) is 2. The summed E-state index contributed by atoms with van der Waals surface area (Å²) in [6, 6.07) is 3.48. The third-order valence-corrected chi connectivity index (χ3v) is 3.20. The Morgan fingerprint density at radius 1 is 1.55 bits per heavy atom. The van der Waals surface area contributed by atoms with Crippen molar-refractivity contribution in [1.82, 2.24) is 10.3 Å². The van der Waals surface area contributed by atoms with Crippen LogP contribution in [0.15, 0.2) is 35.6 Å². The summed E-state index contributed by atoms with van der Waals surface area (Å²) >= 11 is 5.93. The Kier molecular flexibility index (Phi) is 4.39. The highest BCUT2D eigenvalue weighted by Gasteiger charge is 2.28. The zero-order valence-corrected chi connectivity index (χ0v) is 12.2. The number of carbonyl (C=O) groups excluding carboxylic acids is 1. The Hall–Kier alpha value is -1.88. The van der Waals surface area contributed by atoms with Crippen molar-refractivity contribution in [2.45, 2.75) is 25.8 Å². The van der Waals surface area contributed by atoms with E-state index in [0.717, 1.165) is 0 Å². The summed E-state index contributed by atoms with van der Waals surface area (Å²) in [5.41, 5.74) is -0.0162. The number of carbonyl (C=O) groups is 1. The van der Waals surface area contributed by atoms with Gasteiger partial charge in [-0.3, -0.25) is 4.79 Å². The number of halogens is 1. The molecule has 1 aliphatic rings. The van der Waals surface area contributed by atoms with E-state index in [1.165, 1.54) is 0 Å². The quantitative estimate of drug-likeness (QED) is 0.896. The van der Waals surface area contributed by atoms with E-state index in [4.69, 9.17) is 11.6 Å². The fourth-order valence-corrected chi connectivity index (χ4v) is 2.33. The van der Waals surface area contributed by atoms with Gasteiger partial charge in [-0.1, -0.05) is 11.6 Å². The van der Waals surface area contributed by atoms with Crippen molar-refractivity contribution in [2.24, 2.45) is 4.99 Å². The Morgan fingerprint density at radius 2 is 2.35 bits per heavy atom. The molecule has 0 aromatic carbocycles. The van der Waals surface area contributed by atoms with E-state index in [9.17, 15) is 4.79 Å². The van der Waals surface area contributed by atoms with E-state index in [1.54, 1.807) is 24.5 Å². The first-order chi connectivity index (χ1) is 9.54. The molecule has 0 aliphatic carbocycles. The van der Waals surface area contributed by atoms with Crippen molar-refractivity contribution in [3.8, 4) is 0 Å². The number of rotatable bonds is 4. The molecule has 1 aromatic heterocycles. The standard InChI is InChI=1S/C14H17ClN4O/c1-3-16-12-10(5-4-7-18-12)13(20)19-14(2)6-8-17-11(15)9-14/h4-8H,3,9H2,1-2H3,(H,16,18)(H,19,20). The Morgan fingerprint density at radius 3 is 3.05 bits per heavy atom. The molecule has 1 aromatic rings. The molecule has 1 aliphatic heterocycles. The molecule has 1 atom stereocenters. The van der Waals surface area contributed by atoms with Crippen LogP contribution in [-0.2, 0) is 0 Å². The van der Waals surface area contributed by atoms with Gasteiger partial charge in [0.1, 0.15) is 11.0 Å². The van der Waals surface area contributed by atoms with E-state index < -0.39 is 5.54 Å². The van der Waals surface area contributed by atoms with Crippen LogP contribution in [0.3, 0.4) is 0 Å². The molecule has 20 heavy (non-hydrogen) atoms. The van der Waals surface area contributed by atoms with E-state index >= 15 is 0 Å². The van der Waals surface area contributed by atoms with Crippen molar-refractivity contribution in [3.63, 3.8) is 0 Å². The van der Waals surface area contributed by atoms with Crippen LogP contribution in [0.4, 0.5) is 5.82 Å². The second-order valence-electron chi connectivity index (χ2n) is 4.80. The van der Waals surface area contributed by atoms with Crippen LogP contribution < -0.4 is 10.6 Å². The lowest BCUT2D eigenvalue weighted by Crippen LogP contribution is -2.46. The minimum absolute atomic E-state index is 0.187. The van der Waals surface area contributed by atoms with Gasteiger partial charge in [-0.2, -0.15) is 0 Å². The number of pyridine rings is 1. The maximum absolute atomic E-state index is 12.4. The molecule has 5 nitrogen and oxygen atoms in total. The van der Waals surface area contributed by atoms with Crippen LogP contribution in [0, 0.1) is 0 Å². The highest BCUT2D eigenvalue weighted by Crippen LogP contribution is 2.21. The molecule has 0 spiro atoms. The molecule has 1 unspecified atom stereocenters. The molecule has 2 rings (SSSR count). The molecule has 0 bridgehead atoms. The average molecular weight is 293 g/mol. The van der Waals surface area contributed by atoms with E-state index in [0.29, 0.717) is 29.5 Å². The van der Waals surface area contributed by atoms with Crippen molar-refractivity contribution in [1.29, 1.82) is 0 Å². The Bertz CT molecular complexity index is 570. The summed E-state index contributed by atoms with van der Waals surface area (Å²) in [6.45, 7) is 4.56. The van der Waals surface area contributed by atoms with Crippen LogP contribution in [0.25, 0.3) is 0 Å². The number of hydrogen-bond acceptors (Lipinski definition) is 4. The number of anilines is 1. The van der Waals surface area contributed by atoms with Gasteiger partial charge in [-0.05, 0) is 32.1 Å². The van der Waals surface area contributed by atoms with Crippen molar-refractivity contribution in [2.75, 3.05) is 11.9 Å².